The monoisotopic (exact) mass is 303 g/mol. The van der Waals surface area contributed by atoms with Crippen molar-refractivity contribution >= 4 is 15.9 Å². The number of halogens is 1. The first-order chi connectivity index (χ1) is 8.58. The highest BCUT2D eigenvalue weighted by atomic mass is 79.9. The van der Waals surface area contributed by atoms with Crippen LogP contribution in [0, 0.1) is 22.7 Å². The minimum atomic E-state index is -0.424. The summed E-state index contributed by atoms with van der Waals surface area (Å²) in [5.41, 5.74) is 2.54. The molecule has 0 saturated carbocycles. The van der Waals surface area contributed by atoms with Gasteiger partial charge in [0.15, 0.2) is 4.67 Å². The van der Waals surface area contributed by atoms with Gasteiger partial charge in [0, 0.05) is 11.4 Å². The van der Waals surface area contributed by atoms with Gasteiger partial charge in [-0.05, 0) is 41.9 Å². The van der Waals surface area contributed by atoms with E-state index in [4.69, 9.17) is 4.42 Å². The highest BCUT2D eigenvalue weighted by Gasteiger charge is 2.31. The fraction of sp³-hybridized carbons (Fsp3) is 0.231. The lowest BCUT2D eigenvalue weighted by atomic mass is 9.85. The Morgan fingerprint density at radius 1 is 1.17 bits per heavy atom. The smallest absolute Gasteiger partial charge is 0.169 e. The van der Waals surface area contributed by atoms with Crippen LogP contribution in [-0.2, 0) is 0 Å². The lowest BCUT2D eigenvalue weighted by molar-refractivity contribution is 0.478. The molecule has 0 amide bonds. The molecule has 0 aliphatic carbocycles. The maximum atomic E-state index is 9.27. The van der Waals surface area contributed by atoms with Crippen LogP contribution in [-0.4, -0.2) is 0 Å². The fourth-order valence-corrected chi connectivity index (χ4v) is 2.38. The van der Waals surface area contributed by atoms with Crippen LogP contribution in [0.5, 0.6) is 0 Å². The van der Waals surface area contributed by atoms with Crippen molar-refractivity contribution in [2.45, 2.75) is 19.8 Å². The lowest BCUT2D eigenvalue weighted by Gasteiger charge is -2.24. The van der Waals surface area contributed by atoms with Crippen molar-refractivity contribution in [2.75, 3.05) is 0 Å². The third-order valence-electron chi connectivity index (χ3n) is 2.88. The van der Waals surface area contributed by atoms with Gasteiger partial charge in [-0.1, -0.05) is 0 Å². The molecule has 0 saturated heterocycles. The SMILES string of the molecule is CC1=C(C#N)C(c2ccc(Br)o2)C(C#N)=C(C)N1. The molecule has 0 fully saturated rings. The van der Waals surface area contributed by atoms with Crippen LogP contribution in [0.25, 0.3) is 0 Å². The molecule has 4 nitrogen and oxygen atoms in total. The average molecular weight is 304 g/mol. The Morgan fingerprint density at radius 3 is 2.11 bits per heavy atom. The molecule has 0 radical (unpaired) electrons. The molecule has 18 heavy (non-hydrogen) atoms. The molecule has 0 bridgehead atoms. The van der Waals surface area contributed by atoms with Gasteiger partial charge >= 0.3 is 0 Å². The number of nitriles is 2. The highest BCUT2D eigenvalue weighted by molar-refractivity contribution is 9.10. The van der Waals surface area contributed by atoms with E-state index in [9.17, 15) is 10.5 Å². The van der Waals surface area contributed by atoms with Gasteiger partial charge in [-0.2, -0.15) is 10.5 Å². The average Bonchev–Trinajstić information content (AvgIpc) is 2.74. The zero-order valence-electron chi connectivity index (χ0n) is 9.91. The Balaban J connectivity index is 2.61. The van der Waals surface area contributed by atoms with E-state index in [1.807, 2.05) is 13.8 Å². The number of hydrogen-bond acceptors (Lipinski definition) is 4. The van der Waals surface area contributed by atoms with Crippen LogP contribution in [0.3, 0.4) is 0 Å². The third kappa shape index (κ3) is 1.94. The Bertz CT molecular complexity index is 604. The number of rotatable bonds is 1. The summed E-state index contributed by atoms with van der Waals surface area (Å²) in [6, 6.07) is 7.83. The number of nitrogens with zero attached hydrogens (tertiary/aromatic N) is 2. The zero-order valence-corrected chi connectivity index (χ0v) is 11.5. The van der Waals surface area contributed by atoms with Gasteiger partial charge in [0.25, 0.3) is 0 Å². The van der Waals surface area contributed by atoms with E-state index >= 15 is 0 Å². The number of nitrogens with one attached hydrogen (secondary N) is 1. The first-order valence-electron chi connectivity index (χ1n) is 5.32. The summed E-state index contributed by atoms with van der Waals surface area (Å²) >= 11 is 3.23. The van der Waals surface area contributed by atoms with Crippen molar-refractivity contribution in [3.63, 3.8) is 0 Å². The third-order valence-corrected chi connectivity index (χ3v) is 3.31. The topological polar surface area (TPSA) is 72.8 Å². The summed E-state index contributed by atoms with van der Waals surface area (Å²) in [6.07, 6.45) is 0. The molecule has 5 heteroatoms. The Hall–Kier alpha value is -1.98. The van der Waals surface area contributed by atoms with Crippen LogP contribution in [0.15, 0.2) is 43.8 Å². The molecule has 0 aromatic carbocycles. The van der Waals surface area contributed by atoms with Gasteiger partial charge in [-0.25, -0.2) is 0 Å². The molecule has 1 aromatic rings. The molecule has 0 atom stereocenters. The van der Waals surface area contributed by atoms with Crippen LogP contribution < -0.4 is 5.32 Å². The van der Waals surface area contributed by atoms with Crippen molar-refractivity contribution < 1.29 is 4.42 Å². The van der Waals surface area contributed by atoms with Gasteiger partial charge in [0.2, 0.25) is 0 Å². The van der Waals surface area contributed by atoms with Crippen LogP contribution in [0.2, 0.25) is 0 Å². The lowest BCUT2D eigenvalue weighted by Crippen LogP contribution is -2.23. The number of allylic oxidation sites excluding steroid dienone is 4. The number of furan rings is 1. The molecule has 2 heterocycles. The van der Waals surface area contributed by atoms with E-state index in [-0.39, 0.29) is 0 Å². The minimum absolute atomic E-state index is 0.424. The van der Waals surface area contributed by atoms with Gasteiger partial charge in [0.1, 0.15) is 5.76 Å². The molecule has 0 unspecified atom stereocenters. The van der Waals surface area contributed by atoms with E-state index in [2.05, 4.69) is 33.4 Å². The normalized spacial score (nSPS) is 16.3. The standard InChI is InChI=1S/C13H10BrN3O/c1-7-9(5-15)13(10(6-16)8(2)17-7)11-3-4-12(14)18-11/h3-4,13,17H,1-2H3. The molecular formula is C13H10BrN3O. The summed E-state index contributed by atoms with van der Waals surface area (Å²) < 4.78 is 6.09. The number of hydrogen-bond donors (Lipinski definition) is 1. The van der Waals surface area contributed by atoms with E-state index in [0.29, 0.717) is 21.6 Å². The minimum Gasteiger partial charge on any atom is -0.453 e. The molecule has 1 aromatic heterocycles. The van der Waals surface area contributed by atoms with Crippen LogP contribution in [0.1, 0.15) is 25.5 Å². The summed E-state index contributed by atoms with van der Waals surface area (Å²) in [7, 11) is 0. The summed E-state index contributed by atoms with van der Waals surface area (Å²) in [6.45, 7) is 3.64. The molecule has 90 valence electrons. The number of dihydropyridines is 1. The van der Waals surface area contributed by atoms with Crippen molar-refractivity contribution in [2.24, 2.45) is 0 Å². The van der Waals surface area contributed by atoms with Crippen molar-refractivity contribution in [3.8, 4) is 12.1 Å². The van der Waals surface area contributed by atoms with Gasteiger partial charge in [0.05, 0.1) is 29.2 Å². The van der Waals surface area contributed by atoms with E-state index in [1.54, 1.807) is 12.1 Å². The van der Waals surface area contributed by atoms with Gasteiger partial charge in [-0.3, -0.25) is 0 Å². The summed E-state index contributed by atoms with van der Waals surface area (Å²) in [5.74, 6) is 0.169. The molecule has 1 N–H and O–H groups in total. The predicted molar refractivity (Wildman–Crippen MR) is 68.9 cm³/mol. The first-order valence-corrected chi connectivity index (χ1v) is 6.11. The first kappa shape index (κ1) is 12.5. The van der Waals surface area contributed by atoms with Crippen molar-refractivity contribution in [1.29, 1.82) is 10.5 Å². The second-order valence-corrected chi connectivity index (χ2v) is 4.78. The predicted octanol–water partition coefficient (Wildman–Crippen LogP) is 3.32. The zero-order chi connectivity index (χ0) is 13.3. The summed E-state index contributed by atoms with van der Waals surface area (Å²) in [5, 5.41) is 21.6. The molecule has 2 rings (SSSR count). The van der Waals surface area contributed by atoms with Gasteiger partial charge in [-0.15, -0.1) is 0 Å². The largest absolute Gasteiger partial charge is 0.453 e. The Kier molecular flexibility index (Phi) is 3.27. The van der Waals surface area contributed by atoms with Gasteiger partial charge < -0.3 is 9.73 Å². The summed E-state index contributed by atoms with van der Waals surface area (Å²) in [4.78, 5) is 0. The van der Waals surface area contributed by atoms with E-state index in [0.717, 1.165) is 11.4 Å². The Morgan fingerprint density at radius 2 is 1.72 bits per heavy atom. The fourth-order valence-electron chi connectivity index (χ4n) is 2.06. The molecular weight excluding hydrogens is 294 g/mol. The molecule has 1 aliphatic heterocycles. The highest BCUT2D eigenvalue weighted by Crippen LogP contribution is 2.38. The van der Waals surface area contributed by atoms with Crippen molar-refractivity contribution in [1.82, 2.24) is 5.32 Å². The maximum absolute atomic E-state index is 9.27. The second-order valence-electron chi connectivity index (χ2n) is 4.00. The van der Waals surface area contributed by atoms with E-state index < -0.39 is 5.92 Å². The van der Waals surface area contributed by atoms with Crippen LogP contribution in [0.4, 0.5) is 0 Å². The maximum Gasteiger partial charge on any atom is 0.169 e. The van der Waals surface area contributed by atoms with Crippen LogP contribution >= 0.6 is 15.9 Å². The molecule has 1 aliphatic rings. The van der Waals surface area contributed by atoms with E-state index in [1.165, 1.54) is 0 Å². The second kappa shape index (κ2) is 4.72. The molecule has 0 spiro atoms. The van der Waals surface area contributed by atoms with Crippen molar-refractivity contribution in [3.05, 3.63) is 45.1 Å². The Labute approximate surface area is 113 Å². The quantitative estimate of drug-likeness (QED) is 0.863.